The van der Waals surface area contributed by atoms with E-state index in [2.05, 4.69) is 23.3 Å². The number of benzene rings is 2. The zero-order chi connectivity index (χ0) is 24.6. The number of rotatable bonds is 11. The normalized spacial score (nSPS) is 16.4. The molecule has 182 valence electrons. The minimum Gasteiger partial charge on any atom is -0.480 e. The maximum absolute atomic E-state index is 13.3. The fraction of sp³-hybridized carbons (Fsp3) is 0.444. The van der Waals surface area contributed by atoms with Gasteiger partial charge in [0.25, 0.3) is 0 Å². The minimum absolute atomic E-state index is 0.159. The van der Waals surface area contributed by atoms with Gasteiger partial charge in [-0.1, -0.05) is 87.2 Å². The molecule has 2 atom stereocenters. The molecule has 2 aromatic rings. The lowest BCUT2D eigenvalue weighted by atomic mass is 9.94. The van der Waals surface area contributed by atoms with Crippen LogP contribution in [0.3, 0.4) is 0 Å². The number of carboxylic acids is 1. The monoisotopic (exact) mass is 482 g/mol. The summed E-state index contributed by atoms with van der Waals surface area (Å²) in [5, 5.41) is 14.9. The van der Waals surface area contributed by atoms with Gasteiger partial charge in [0.1, 0.15) is 11.6 Å². The topological polar surface area (TPSA) is 95.5 Å². The van der Waals surface area contributed by atoms with E-state index in [9.17, 15) is 19.5 Å². The molecule has 0 unspecified atom stereocenters. The summed E-state index contributed by atoms with van der Waals surface area (Å²) in [4.78, 5) is 37.9. The van der Waals surface area contributed by atoms with Gasteiger partial charge in [-0.2, -0.15) is 12.6 Å². The van der Waals surface area contributed by atoms with Crippen LogP contribution in [0.5, 0.6) is 0 Å². The number of hydrogen-bond donors (Lipinski definition) is 4. The van der Waals surface area contributed by atoms with Gasteiger partial charge in [-0.15, -0.1) is 0 Å². The van der Waals surface area contributed by atoms with E-state index in [1.54, 1.807) is 0 Å². The molecule has 1 aliphatic carbocycles. The van der Waals surface area contributed by atoms with Crippen molar-refractivity contribution < 1.29 is 19.5 Å². The molecule has 0 bridgehead atoms. The Morgan fingerprint density at radius 1 is 1.00 bits per heavy atom. The molecule has 2 amide bonds. The molecule has 2 aromatic carbocycles. The van der Waals surface area contributed by atoms with Crippen molar-refractivity contribution in [2.45, 2.75) is 75.1 Å². The average molecular weight is 483 g/mol. The Morgan fingerprint density at radius 3 is 2.21 bits per heavy atom. The van der Waals surface area contributed by atoms with Gasteiger partial charge in [-0.05, 0) is 36.0 Å². The third-order valence-corrected chi connectivity index (χ3v) is 6.99. The van der Waals surface area contributed by atoms with Crippen LogP contribution < -0.4 is 10.6 Å². The van der Waals surface area contributed by atoms with Gasteiger partial charge in [0, 0.05) is 6.42 Å². The van der Waals surface area contributed by atoms with Crippen LogP contribution in [0, 0.1) is 0 Å². The smallest absolute Gasteiger partial charge is 0.326 e. The van der Waals surface area contributed by atoms with Crippen LogP contribution in [0.4, 0.5) is 0 Å². The maximum Gasteiger partial charge on any atom is 0.326 e. The van der Waals surface area contributed by atoms with Crippen molar-refractivity contribution in [1.82, 2.24) is 10.6 Å². The van der Waals surface area contributed by atoms with E-state index in [4.69, 9.17) is 0 Å². The molecule has 7 heteroatoms. The van der Waals surface area contributed by atoms with Crippen molar-refractivity contribution in [3.05, 3.63) is 60.2 Å². The quantitative estimate of drug-likeness (QED) is 0.358. The van der Waals surface area contributed by atoms with Crippen LogP contribution in [-0.4, -0.2) is 39.7 Å². The number of carbonyl (C=O) groups excluding carboxylic acids is 2. The van der Waals surface area contributed by atoms with Gasteiger partial charge in [-0.25, -0.2) is 4.79 Å². The summed E-state index contributed by atoms with van der Waals surface area (Å²) in [5.74, 6) is -1.80. The fourth-order valence-corrected chi connectivity index (χ4v) is 4.68. The van der Waals surface area contributed by atoms with Crippen LogP contribution >= 0.6 is 12.6 Å². The standard InChI is InChI=1S/C27H34N2O4S/c1-2-3-11-23(34)24(30)29-27(16-7-8-17-27)26(33)28-22(25(31)32)18-19-12-14-21(15-13-19)20-9-5-4-6-10-20/h4-6,9-10,12-15,22-23,34H,2-3,7-8,11,16-18H2,1H3,(H,28,33)(H,29,30)(H,31,32)/t22-,23+/m0/s1. The van der Waals surface area contributed by atoms with Crippen molar-refractivity contribution in [3.63, 3.8) is 0 Å². The van der Waals surface area contributed by atoms with E-state index in [1.165, 1.54) is 0 Å². The van der Waals surface area contributed by atoms with Crippen LogP contribution in [0.15, 0.2) is 54.6 Å². The summed E-state index contributed by atoms with van der Waals surface area (Å²) in [6.07, 6.45) is 5.24. The highest BCUT2D eigenvalue weighted by atomic mass is 32.1. The largest absolute Gasteiger partial charge is 0.480 e. The van der Waals surface area contributed by atoms with E-state index in [-0.39, 0.29) is 12.3 Å². The molecule has 6 nitrogen and oxygen atoms in total. The first-order valence-electron chi connectivity index (χ1n) is 12.0. The Bertz CT molecular complexity index is 972. The van der Waals surface area contributed by atoms with Crippen LogP contribution in [0.25, 0.3) is 11.1 Å². The van der Waals surface area contributed by atoms with Crippen molar-refractivity contribution in [1.29, 1.82) is 0 Å². The molecule has 1 saturated carbocycles. The highest BCUT2D eigenvalue weighted by molar-refractivity contribution is 7.81. The lowest BCUT2D eigenvalue weighted by molar-refractivity contribution is -0.143. The summed E-state index contributed by atoms with van der Waals surface area (Å²) >= 11 is 4.40. The van der Waals surface area contributed by atoms with Gasteiger partial charge in [0.05, 0.1) is 5.25 Å². The molecule has 0 radical (unpaired) electrons. The molecule has 34 heavy (non-hydrogen) atoms. The Kier molecular flexibility index (Phi) is 9.16. The second-order valence-corrected chi connectivity index (χ2v) is 9.69. The number of thiol groups is 1. The molecule has 0 heterocycles. The highest BCUT2D eigenvalue weighted by Gasteiger charge is 2.44. The number of carbonyl (C=O) groups is 3. The number of amides is 2. The second kappa shape index (κ2) is 12.1. The van der Waals surface area contributed by atoms with Gasteiger partial charge in [-0.3, -0.25) is 9.59 Å². The van der Waals surface area contributed by atoms with Crippen molar-refractivity contribution in [2.75, 3.05) is 0 Å². The first kappa shape index (κ1) is 25.8. The lowest BCUT2D eigenvalue weighted by Gasteiger charge is -2.31. The Hall–Kier alpha value is -2.80. The molecule has 3 rings (SSSR count). The summed E-state index contributed by atoms with van der Waals surface area (Å²) in [6, 6.07) is 16.5. The van der Waals surface area contributed by atoms with Crippen molar-refractivity contribution >= 4 is 30.4 Å². The SMILES string of the molecule is CCCC[C@@H](S)C(=O)NC1(C(=O)N[C@@H](Cc2ccc(-c3ccccc3)cc2)C(=O)O)CCCC1. The second-order valence-electron chi connectivity index (χ2n) is 9.07. The highest BCUT2D eigenvalue weighted by Crippen LogP contribution is 2.31. The van der Waals surface area contributed by atoms with Crippen LogP contribution in [-0.2, 0) is 20.8 Å². The predicted molar refractivity (Wildman–Crippen MR) is 137 cm³/mol. The molecular weight excluding hydrogens is 448 g/mol. The Morgan fingerprint density at radius 2 is 1.62 bits per heavy atom. The molecule has 1 aliphatic rings. The third kappa shape index (κ3) is 6.63. The molecular formula is C27H34N2O4S. The molecule has 0 spiro atoms. The number of nitrogens with one attached hydrogen (secondary N) is 2. The summed E-state index contributed by atoms with van der Waals surface area (Å²) < 4.78 is 0. The van der Waals surface area contributed by atoms with Crippen molar-refractivity contribution in [3.8, 4) is 11.1 Å². The minimum atomic E-state index is -1.10. The van der Waals surface area contributed by atoms with Crippen molar-refractivity contribution in [2.24, 2.45) is 0 Å². The average Bonchev–Trinajstić information content (AvgIpc) is 3.32. The maximum atomic E-state index is 13.3. The number of hydrogen-bond acceptors (Lipinski definition) is 4. The van der Waals surface area contributed by atoms with E-state index < -0.39 is 28.7 Å². The van der Waals surface area contributed by atoms with E-state index in [0.717, 1.165) is 42.4 Å². The molecule has 0 aliphatic heterocycles. The molecule has 1 fully saturated rings. The van der Waals surface area contributed by atoms with E-state index in [1.807, 2.05) is 61.5 Å². The Labute approximate surface area is 206 Å². The predicted octanol–water partition coefficient (Wildman–Crippen LogP) is 4.38. The first-order chi connectivity index (χ1) is 16.3. The number of aliphatic carboxylic acids is 1. The fourth-order valence-electron chi connectivity index (χ4n) is 4.43. The van der Waals surface area contributed by atoms with Gasteiger partial charge in [0.2, 0.25) is 11.8 Å². The molecule has 0 aromatic heterocycles. The first-order valence-corrected chi connectivity index (χ1v) is 12.5. The van der Waals surface area contributed by atoms with Gasteiger partial charge in [0.15, 0.2) is 0 Å². The summed E-state index contributed by atoms with van der Waals surface area (Å²) in [5.41, 5.74) is 1.86. The Balaban J connectivity index is 1.68. The zero-order valence-corrected chi connectivity index (χ0v) is 20.5. The molecule has 0 saturated heterocycles. The van der Waals surface area contributed by atoms with Crippen LogP contribution in [0.1, 0.15) is 57.4 Å². The van der Waals surface area contributed by atoms with E-state index >= 15 is 0 Å². The van der Waals surface area contributed by atoms with Crippen LogP contribution in [0.2, 0.25) is 0 Å². The lowest BCUT2D eigenvalue weighted by Crippen LogP contribution is -2.61. The van der Waals surface area contributed by atoms with E-state index in [0.29, 0.717) is 19.3 Å². The third-order valence-electron chi connectivity index (χ3n) is 6.49. The van der Waals surface area contributed by atoms with Gasteiger partial charge >= 0.3 is 5.97 Å². The summed E-state index contributed by atoms with van der Waals surface area (Å²) in [7, 11) is 0. The zero-order valence-electron chi connectivity index (χ0n) is 19.6. The van der Waals surface area contributed by atoms with Gasteiger partial charge < -0.3 is 15.7 Å². The molecule has 3 N–H and O–H groups in total. The summed E-state index contributed by atoms with van der Waals surface area (Å²) in [6.45, 7) is 2.05. The number of unbranched alkanes of at least 4 members (excludes halogenated alkanes) is 1. The number of carboxylic acid groups (broad SMARTS) is 1.